The predicted octanol–water partition coefficient (Wildman–Crippen LogP) is 1.28. The summed E-state index contributed by atoms with van der Waals surface area (Å²) >= 11 is 2.02. The first-order valence-corrected chi connectivity index (χ1v) is 8.51. The number of aliphatic hydroxyl groups excluding tert-OH is 1. The predicted molar refractivity (Wildman–Crippen MR) is 78.7 cm³/mol. The summed E-state index contributed by atoms with van der Waals surface area (Å²) in [7, 11) is 1.70. The quantitative estimate of drug-likeness (QED) is 0.721. The summed E-state index contributed by atoms with van der Waals surface area (Å²) in [4.78, 5) is 0. The van der Waals surface area contributed by atoms with E-state index in [9.17, 15) is 5.11 Å². The van der Waals surface area contributed by atoms with E-state index in [1.54, 1.807) is 7.11 Å². The van der Waals surface area contributed by atoms with Gasteiger partial charge in [0.15, 0.2) is 0 Å². The normalized spacial score (nSPS) is 28.4. The van der Waals surface area contributed by atoms with Gasteiger partial charge in [-0.25, -0.2) is 0 Å². The van der Waals surface area contributed by atoms with Crippen LogP contribution in [0.2, 0.25) is 0 Å². The third kappa shape index (κ3) is 4.60. The van der Waals surface area contributed by atoms with Gasteiger partial charge in [-0.1, -0.05) is 0 Å². The molecule has 2 aliphatic rings. The molecule has 2 atom stereocenters. The van der Waals surface area contributed by atoms with Crippen LogP contribution >= 0.6 is 11.8 Å². The second-order valence-corrected chi connectivity index (χ2v) is 6.89. The van der Waals surface area contributed by atoms with E-state index in [4.69, 9.17) is 9.47 Å². The fourth-order valence-corrected chi connectivity index (χ4v) is 4.31. The first-order valence-electron chi connectivity index (χ1n) is 7.35. The average molecular weight is 289 g/mol. The zero-order valence-electron chi connectivity index (χ0n) is 11.9. The van der Waals surface area contributed by atoms with Crippen LogP contribution in [0.3, 0.4) is 0 Å². The van der Waals surface area contributed by atoms with Crippen LogP contribution in [0.15, 0.2) is 0 Å². The minimum atomic E-state index is -0.257. The Morgan fingerprint density at radius 2 is 2.26 bits per heavy atom. The number of hydrogen-bond donors (Lipinski definition) is 2. The number of methoxy groups -OCH3 is 1. The zero-order chi connectivity index (χ0) is 13.6. The Kier molecular flexibility index (Phi) is 6.42. The molecule has 0 bridgehead atoms. The Labute approximate surface area is 120 Å². The maximum atomic E-state index is 10.3. The first kappa shape index (κ1) is 15.6. The summed E-state index contributed by atoms with van der Waals surface area (Å²) in [6.07, 6.45) is 4.06. The Balaban J connectivity index is 1.76. The molecule has 2 unspecified atom stereocenters. The van der Waals surface area contributed by atoms with E-state index < -0.39 is 0 Å². The Bertz CT molecular complexity index is 254. The molecule has 1 spiro atoms. The van der Waals surface area contributed by atoms with Gasteiger partial charge in [0.25, 0.3) is 0 Å². The summed E-state index contributed by atoms with van der Waals surface area (Å²) in [5, 5.41) is 13.6. The fourth-order valence-electron chi connectivity index (χ4n) is 3.08. The molecule has 0 aromatic heterocycles. The van der Waals surface area contributed by atoms with Crippen LogP contribution in [0.5, 0.6) is 0 Å². The molecule has 112 valence electrons. The highest BCUT2D eigenvalue weighted by atomic mass is 32.2. The van der Waals surface area contributed by atoms with Gasteiger partial charge >= 0.3 is 0 Å². The molecule has 2 aliphatic heterocycles. The molecule has 2 saturated heterocycles. The molecule has 0 radical (unpaired) electrons. The van der Waals surface area contributed by atoms with Gasteiger partial charge in [-0.15, -0.1) is 0 Å². The van der Waals surface area contributed by atoms with Gasteiger partial charge in [-0.2, -0.15) is 11.8 Å². The topological polar surface area (TPSA) is 50.7 Å². The second-order valence-electron chi connectivity index (χ2n) is 5.66. The zero-order valence-corrected chi connectivity index (χ0v) is 12.7. The van der Waals surface area contributed by atoms with Crippen molar-refractivity contribution in [1.82, 2.24) is 5.32 Å². The first-order chi connectivity index (χ1) is 9.26. The molecule has 0 amide bonds. The molecule has 2 heterocycles. The average Bonchev–Trinajstić information content (AvgIpc) is 2.44. The molecule has 5 heteroatoms. The molecule has 0 aromatic rings. The number of hydrogen-bond acceptors (Lipinski definition) is 5. The lowest BCUT2D eigenvalue weighted by Gasteiger charge is -2.44. The molecular formula is C14H27NO3S. The van der Waals surface area contributed by atoms with E-state index >= 15 is 0 Å². The van der Waals surface area contributed by atoms with E-state index in [1.165, 1.54) is 11.5 Å². The molecule has 0 saturated carbocycles. The summed E-state index contributed by atoms with van der Waals surface area (Å²) in [6, 6.07) is 0. The molecule has 0 aliphatic carbocycles. The van der Waals surface area contributed by atoms with Crippen LogP contribution in [0, 0.1) is 5.92 Å². The van der Waals surface area contributed by atoms with Crippen molar-refractivity contribution in [2.45, 2.75) is 37.4 Å². The van der Waals surface area contributed by atoms with Gasteiger partial charge in [0.2, 0.25) is 0 Å². The van der Waals surface area contributed by atoms with Crippen LogP contribution in [0.4, 0.5) is 0 Å². The van der Waals surface area contributed by atoms with Crippen LogP contribution < -0.4 is 5.32 Å². The number of nitrogens with one attached hydrogen (secondary N) is 1. The van der Waals surface area contributed by atoms with Crippen LogP contribution in [0.25, 0.3) is 0 Å². The Hall–Kier alpha value is 0.190. The van der Waals surface area contributed by atoms with Crippen LogP contribution in [-0.4, -0.2) is 61.7 Å². The van der Waals surface area contributed by atoms with Crippen molar-refractivity contribution in [2.75, 3.05) is 44.9 Å². The van der Waals surface area contributed by atoms with Crippen molar-refractivity contribution in [3.63, 3.8) is 0 Å². The van der Waals surface area contributed by atoms with Gasteiger partial charge in [-0.05, 0) is 43.1 Å². The summed E-state index contributed by atoms with van der Waals surface area (Å²) < 4.78 is 11.1. The highest BCUT2D eigenvalue weighted by molar-refractivity contribution is 7.99. The van der Waals surface area contributed by atoms with Gasteiger partial charge in [0, 0.05) is 26.8 Å². The summed E-state index contributed by atoms with van der Waals surface area (Å²) in [6.45, 7) is 2.98. The van der Waals surface area contributed by atoms with E-state index in [1.807, 2.05) is 11.8 Å². The molecule has 4 nitrogen and oxygen atoms in total. The Morgan fingerprint density at radius 3 is 3.00 bits per heavy atom. The molecule has 2 fully saturated rings. The summed E-state index contributed by atoms with van der Waals surface area (Å²) in [5.41, 5.74) is 0.0711. The number of ether oxygens (including phenoxy) is 2. The lowest BCUT2D eigenvalue weighted by atomic mass is 9.79. The summed E-state index contributed by atoms with van der Waals surface area (Å²) in [5.74, 6) is 2.79. The molecule has 19 heavy (non-hydrogen) atoms. The maximum Gasteiger partial charge on any atom is 0.0701 e. The fraction of sp³-hybridized carbons (Fsp3) is 1.00. The molecule has 2 rings (SSSR count). The standard InChI is InChI=1S/C14H27NO3S/c1-17-7-5-15-11-13(16)12-2-6-18-14(10-12)3-8-19-9-4-14/h12-13,15-16H,2-11H2,1H3. The maximum absolute atomic E-state index is 10.3. The van der Waals surface area contributed by atoms with Gasteiger partial charge in [0.05, 0.1) is 18.3 Å². The van der Waals surface area contributed by atoms with Crippen molar-refractivity contribution in [3.8, 4) is 0 Å². The number of rotatable bonds is 6. The third-order valence-electron chi connectivity index (χ3n) is 4.32. The van der Waals surface area contributed by atoms with E-state index in [0.29, 0.717) is 19.1 Å². The van der Waals surface area contributed by atoms with Crippen LogP contribution in [-0.2, 0) is 9.47 Å². The van der Waals surface area contributed by atoms with Crippen molar-refractivity contribution >= 4 is 11.8 Å². The number of aliphatic hydroxyl groups is 1. The lowest BCUT2D eigenvalue weighted by Crippen LogP contribution is -2.47. The highest BCUT2D eigenvalue weighted by Gasteiger charge is 2.40. The molecular weight excluding hydrogens is 262 g/mol. The third-order valence-corrected chi connectivity index (χ3v) is 5.30. The minimum absolute atomic E-state index is 0.0711. The Morgan fingerprint density at radius 1 is 1.47 bits per heavy atom. The van der Waals surface area contributed by atoms with Crippen molar-refractivity contribution in [1.29, 1.82) is 0 Å². The van der Waals surface area contributed by atoms with Crippen molar-refractivity contribution in [3.05, 3.63) is 0 Å². The SMILES string of the molecule is COCCNCC(O)C1CCOC2(CCSCC2)C1. The van der Waals surface area contributed by atoms with Crippen LogP contribution in [0.1, 0.15) is 25.7 Å². The van der Waals surface area contributed by atoms with Crippen molar-refractivity contribution < 1.29 is 14.6 Å². The lowest BCUT2D eigenvalue weighted by molar-refractivity contribution is -0.120. The largest absolute Gasteiger partial charge is 0.392 e. The second kappa shape index (κ2) is 7.84. The molecule has 2 N–H and O–H groups in total. The smallest absolute Gasteiger partial charge is 0.0701 e. The van der Waals surface area contributed by atoms with Gasteiger partial charge in [-0.3, -0.25) is 0 Å². The number of thioether (sulfide) groups is 1. The van der Waals surface area contributed by atoms with Crippen molar-refractivity contribution in [2.24, 2.45) is 5.92 Å². The van der Waals surface area contributed by atoms with E-state index in [0.717, 1.165) is 38.8 Å². The van der Waals surface area contributed by atoms with Gasteiger partial charge < -0.3 is 19.9 Å². The van der Waals surface area contributed by atoms with E-state index in [2.05, 4.69) is 5.32 Å². The monoisotopic (exact) mass is 289 g/mol. The highest BCUT2D eigenvalue weighted by Crippen LogP contribution is 2.40. The minimum Gasteiger partial charge on any atom is -0.392 e. The molecule has 0 aromatic carbocycles. The van der Waals surface area contributed by atoms with Gasteiger partial charge in [0.1, 0.15) is 0 Å². The van der Waals surface area contributed by atoms with E-state index in [-0.39, 0.29) is 11.7 Å².